The molecule has 1 aromatic rings. The van der Waals surface area contributed by atoms with Crippen molar-refractivity contribution in [1.82, 2.24) is 0 Å². The molecule has 98 valence electrons. The molecule has 0 saturated carbocycles. The van der Waals surface area contributed by atoms with Crippen molar-refractivity contribution in [2.24, 2.45) is 0 Å². The van der Waals surface area contributed by atoms with Crippen molar-refractivity contribution >= 4 is 23.4 Å². The number of benzene rings is 1. The average Bonchev–Trinajstić information content (AvgIpc) is 2.43. The molecule has 0 atom stereocenters. The van der Waals surface area contributed by atoms with Gasteiger partial charge in [0.05, 0.1) is 13.5 Å². The van der Waals surface area contributed by atoms with Crippen LogP contribution in [0.2, 0.25) is 0 Å². The minimum absolute atomic E-state index is 0.157. The second-order valence-electron chi connectivity index (χ2n) is 4.49. The summed E-state index contributed by atoms with van der Waals surface area (Å²) < 4.78 is 4.66. The Kier molecular flexibility index (Phi) is 4.53. The molecule has 0 bridgehead atoms. The van der Waals surface area contributed by atoms with Crippen LogP contribution in [-0.4, -0.2) is 32.4 Å². The lowest BCUT2D eigenvalue weighted by atomic mass is 10.1. The van der Waals surface area contributed by atoms with Crippen LogP contribution in [0.25, 0.3) is 0 Å². The number of esters is 1. The van der Waals surface area contributed by atoms with Crippen LogP contribution < -0.4 is 4.90 Å². The number of anilines is 1. The first kappa shape index (κ1) is 13.3. The molecule has 1 aliphatic heterocycles. The molecule has 0 unspecified atom stereocenters. The maximum absolute atomic E-state index is 11.1. The lowest BCUT2D eigenvalue weighted by Crippen LogP contribution is -2.21. The van der Waals surface area contributed by atoms with Crippen LogP contribution >= 0.6 is 11.8 Å². The molecule has 4 heteroatoms. The molecule has 18 heavy (non-hydrogen) atoms. The van der Waals surface area contributed by atoms with Crippen LogP contribution in [0, 0.1) is 0 Å². The van der Waals surface area contributed by atoms with Gasteiger partial charge in [0.2, 0.25) is 0 Å². The summed E-state index contributed by atoms with van der Waals surface area (Å²) in [7, 11) is 3.44. The summed E-state index contributed by atoms with van der Waals surface area (Å²) >= 11 is 1.94. The Balaban J connectivity index is 2.01. The van der Waals surface area contributed by atoms with Gasteiger partial charge >= 0.3 is 5.97 Å². The molecule has 1 aliphatic rings. The zero-order valence-electron chi connectivity index (χ0n) is 10.9. The molecule has 0 aromatic heterocycles. The topological polar surface area (TPSA) is 29.5 Å². The van der Waals surface area contributed by atoms with E-state index < -0.39 is 0 Å². The van der Waals surface area contributed by atoms with Crippen molar-refractivity contribution in [3.8, 4) is 0 Å². The molecule has 0 N–H and O–H groups in total. The zero-order chi connectivity index (χ0) is 13.0. The van der Waals surface area contributed by atoms with Crippen LogP contribution in [0.4, 0.5) is 5.69 Å². The number of aryl methyl sites for hydroxylation is 1. The Hall–Kier alpha value is -1.16. The largest absolute Gasteiger partial charge is 0.469 e. The average molecular weight is 265 g/mol. The van der Waals surface area contributed by atoms with Crippen LogP contribution in [0.15, 0.2) is 23.1 Å². The Labute approximate surface area is 113 Å². The van der Waals surface area contributed by atoms with Crippen LogP contribution in [0.1, 0.15) is 18.4 Å². The van der Waals surface area contributed by atoms with Crippen molar-refractivity contribution in [2.75, 3.05) is 31.4 Å². The van der Waals surface area contributed by atoms with E-state index in [0.29, 0.717) is 13.0 Å². The number of rotatable bonds is 4. The van der Waals surface area contributed by atoms with Gasteiger partial charge in [0.1, 0.15) is 0 Å². The second-order valence-corrected chi connectivity index (χ2v) is 5.63. The van der Waals surface area contributed by atoms with Crippen molar-refractivity contribution in [2.45, 2.75) is 24.2 Å². The number of hydrogen-bond acceptors (Lipinski definition) is 4. The minimum atomic E-state index is -0.157. The quantitative estimate of drug-likeness (QED) is 0.783. The molecule has 0 fully saturated rings. The highest BCUT2D eigenvalue weighted by Gasteiger charge is 2.12. The van der Waals surface area contributed by atoms with Gasteiger partial charge in [0.15, 0.2) is 0 Å². The van der Waals surface area contributed by atoms with Gasteiger partial charge in [-0.25, -0.2) is 0 Å². The minimum Gasteiger partial charge on any atom is -0.469 e. The third kappa shape index (κ3) is 3.19. The van der Waals surface area contributed by atoms with Crippen molar-refractivity contribution in [3.63, 3.8) is 0 Å². The lowest BCUT2D eigenvalue weighted by Gasteiger charge is -2.22. The monoisotopic (exact) mass is 265 g/mol. The highest BCUT2D eigenvalue weighted by atomic mass is 32.2. The van der Waals surface area contributed by atoms with Crippen molar-refractivity contribution < 1.29 is 9.53 Å². The molecule has 0 radical (unpaired) electrons. The summed E-state index contributed by atoms with van der Waals surface area (Å²) in [6.45, 7) is 0.693. The van der Waals surface area contributed by atoms with Gasteiger partial charge in [-0.1, -0.05) is 0 Å². The molecule has 1 aromatic carbocycles. The smallest absolute Gasteiger partial charge is 0.307 e. The van der Waals surface area contributed by atoms with Crippen LogP contribution in [0.5, 0.6) is 0 Å². The van der Waals surface area contributed by atoms with E-state index in [-0.39, 0.29) is 5.97 Å². The fourth-order valence-electron chi connectivity index (χ4n) is 2.07. The number of carbonyl (C=O) groups is 1. The molecule has 0 amide bonds. The fraction of sp³-hybridized carbons (Fsp3) is 0.500. The Bertz CT molecular complexity index is 434. The molecule has 2 rings (SSSR count). The summed E-state index contributed by atoms with van der Waals surface area (Å²) in [5.74, 6) is 1.07. The summed E-state index contributed by atoms with van der Waals surface area (Å²) in [6.07, 6.45) is 2.85. The van der Waals surface area contributed by atoms with Gasteiger partial charge in [-0.05, 0) is 42.4 Å². The SMILES string of the molecule is COC(=O)CCN(C)c1ccc2c(c1)CCCS2. The van der Waals surface area contributed by atoms with E-state index in [0.717, 1.165) is 0 Å². The van der Waals surface area contributed by atoms with E-state index in [1.54, 1.807) is 0 Å². The molecule has 0 spiro atoms. The number of ether oxygens (including phenoxy) is 1. The highest BCUT2D eigenvalue weighted by molar-refractivity contribution is 7.99. The summed E-state index contributed by atoms with van der Waals surface area (Å²) in [6, 6.07) is 6.58. The molecule has 0 aliphatic carbocycles. The second kappa shape index (κ2) is 6.14. The first-order chi connectivity index (χ1) is 8.70. The summed E-state index contributed by atoms with van der Waals surface area (Å²) in [5, 5.41) is 0. The van der Waals surface area contributed by atoms with E-state index in [2.05, 4.69) is 27.8 Å². The Morgan fingerprint density at radius 3 is 3.11 bits per heavy atom. The molecular formula is C14H19NO2S. The third-order valence-electron chi connectivity index (χ3n) is 3.21. The molecule has 3 nitrogen and oxygen atoms in total. The van der Waals surface area contributed by atoms with Gasteiger partial charge < -0.3 is 9.64 Å². The fourth-order valence-corrected chi connectivity index (χ4v) is 3.09. The molecule has 1 heterocycles. The number of methoxy groups -OCH3 is 1. The third-order valence-corrected chi connectivity index (χ3v) is 4.41. The maximum Gasteiger partial charge on any atom is 0.307 e. The van der Waals surface area contributed by atoms with Crippen molar-refractivity contribution in [3.05, 3.63) is 23.8 Å². The first-order valence-electron chi connectivity index (χ1n) is 6.24. The van der Waals surface area contributed by atoms with Gasteiger partial charge in [0.25, 0.3) is 0 Å². The standard InChI is InChI=1S/C14H19NO2S/c1-15(8-7-14(16)17-2)12-5-6-13-11(10-12)4-3-9-18-13/h5-6,10H,3-4,7-9H2,1-2H3. The van der Waals surface area contributed by atoms with Crippen LogP contribution in [-0.2, 0) is 16.0 Å². The van der Waals surface area contributed by atoms with Gasteiger partial charge in [0, 0.05) is 24.2 Å². The van der Waals surface area contributed by atoms with Crippen LogP contribution in [0.3, 0.4) is 0 Å². The number of carbonyl (C=O) groups excluding carboxylic acids is 1. The predicted octanol–water partition coefficient (Wildman–Crippen LogP) is 2.72. The maximum atomic E-state index is 11.1. The van der Waals surface area contributed by atoms with E-state index in [9.17, 15) is 4.79 Å². The van der Waals surface area contributed by atoms with Gasteiger partial charge in [-0.2, -0.15) is 0 Å². The highest BCUT2D eigenvalue weighted by Crippen LogP contribution is 2.32. The number of hydrogen-bond donors (Lipinski definition) is 0. The Morgan fingerprint density at radius 1 is 1.50 bits per heavy atom. The predicted molar refractivity (Wildman–Crippen MR) is 75.4 cm³/mol. The summed E-state index contributed by atoms with van der Waals surface area (Å²) in [5.41, 5.74) is 2.62. The number of nitrogens with zero attached hydrogens (tertiary/aromatic N) is 1. The molecule has 0 saturated heterocycles. The Morgan fingerprint density at radius 2 is 2.33 bits per heavy atom. The lowest BCUT2D eigenvalue weighted by molar-refractivity contribution is -0.140. The van der Waals surface area contributed by atoms with Gasteiger partial charge in [-0.15, -0.1) is 11.8 Å². The van der Waals surface area contributed by atoms with E-state index in [1.165, 1.54) is 41.9 Å². The molecular weight excluding hydrogens is 246 g/mol. The van der Waals surface area contributed by atoms with E-state index in [4.69, 9.17) is 0 Å². The van der Waals surface area contributed by atoms with E-state index >= 15 is 0 Å². The number of fused-ring (bicyclic) bond motifs is 1. The van der Waals surface area contributed by atoms with Crippen molar-refractivity contribution in [1.29, 1.82) is 0 Å². The van der Waals surface area contributed by atoms with E-state index in [1.807, 2.05) is 18.8 Å². The normalized spacial score (nSPS) is 13.9. The number of thioether (sulfide) groups is 1. The first-order valence-corrected chi connectivity index (χ1v) is 7.23. The zero-order valence-corrected chi connectivity index (χ0v) is 11.8. The summed E-state index contributed by atoms with van der Waals surface area (Å²) in [4.78, 5) is 14.6. The van der Waals surface area contributed by atoms with Gasteiger partial charge in [-0.3, -0.25) is 4.79 Å².